The summed E-state index contributed by atoms with van der Waals surface area (Å²) in [6, 6.07) is 20.1. The van der Waals surface area contributed by atoms with Crippen LogP contribution in [0.15, 0.2) is 60.7 Å². The molecule has 1 heterocycles. The highest BCUT2D eigenvalue weighted by Gasteiger charge is 2.30. The minimum atomic E-state index is 0.000677. The van der Waals surface area contributed by atoms with Crippen molar-refractivity contribution >= 4 is 22.4 Å². The largest absolute Gasteiger partial charge is 0.497 e. The van der Waals surface area contributed by atoms with Gasteiger partial charge in [-0.15, -0.1) is 0 Å². The molecule has 1 aliphatic heterocycles. The molecule has 1 fully saturated rings. The van der Waals surface area contributed by atoms with E-state index in [1.807, 2.05) is 48.5 Å². The van der Waals surface area contributed by atoms with Gasteiger partial charge in [-0.25, -0.2) is 0 Å². The van der Waals surface area contributed by atoms with Crippen LogP contribution in [0.4, 0.5) is 5.69 Å². The Morgan fingerprint density at radius 1 is 1.07 bits per heavy atom. The zero-order chi connectivity index (χ0) is 20.2. The third kappa shape index (κ3) is 4.05. The molecule has 1 amide bonds. The van der Waals surface area contributed by atoms with E-state index in [1.165, 1.54) is 0 Å². The molecule has 4 rings (SSSR count). The number of amides is 1. The normalized spacial score (nSPS) is 16.7. The third-order valence-corrected chi connectivity index (χ3v) is 5.57. The second-order valence-corrected chi connectivity index (χ2v) is 7.31. The number of rotatable bonds is 6. The Labute approximate surface area is 171 Å². The number of hydrogen-bond acceptors (Lipinski definition) is 4. The number of benzene rings is 3. The van der Waals surface area contributed by atoms with Crippen LogP contribution in [0.3, 0.4) is 0 Å². The molecule has 0 bridgehead atoms. The molecular formula is C24H26N2O3. The molecule has 0 radical (unpaired) electrons. The molecule has 0 aromatic heterocycles. The number of likely N-dealkylation sites (tertiary alicyclic amines) is 1. The van der Waals surface area contributed by atoms with E-state index in [2.05, 4.69) is 22.3 Å². The number of nitrogens with one attached hydrogen (secondary N) is 1. The number of nitrogens with zero attached hydrogens (tertiary/aromatic N) is 1. The van der Waals surface area contributed by atoms with E-state index in [9.17, 15) is 4.79 Å². The quantitative estimate of drug-likeness (QED) is 0.667. The summed E-state index contributed by atoms with van der Waals surface area (Å²) in [7, 11) is 3.32. The van der Waals surface area contributed by atoms with Crippen molar-refractivity contribution in [1.82, 2.24) is 4.90 Å². The molecule has 0 aliphatic carbocycles. The highest BCUT2D eigenvalue weighted by Crippen LogP contribution is 2.38. The van der Waals surface area contributed by atoms with Crippen LogP contribution in [-0.4, -0.2) is 38.1 Å². The van der Waals surface area contributed by atoms with E-state index in [0.29, 0.717) is 6.54 Å². The second kappa shape index (κ2) is 8.53. The van der Waals surface area contributed by atoms with Gasteiger partial charge in [0.15, 0.2) is 0 Å². The molecule has 3 aromatic rings. The minimum absolute atomic E-state index is 0.000677. The van der Waals surface area contributed by atoms with Crippen molar-refractivity contribution < 1.29 is 14.3 Å². The highest BCUT2D eigenvalue weighted by molar-refractivity contribution is 6.02. The van der Waals surface area contributed by atoms with E-state index in [-0.39, 0.29) is 11.9 Å². The average molecular weight is 390 g/mol. The molecular weight excluding hydrogens is 364 g/mol. The molecule has 150 valence electrons. The zero-order valence-electron chi connectivity index (χ0n) is 16.9. The Balaban J connectivity index is 1.51. The standard InChI is InChI=1S/C24H26N2O3/c1-28-18-12-13-20(23(15-18)29-2)22-11-6-14-26(22)16-24(27)25-21-10-5-8-17-7-3-4-9-19(17)21/h3-5,7-10,12-13,15,22H,6,11,14,16H2,1-2H3,(H,25,27)/t22-/m0/s1. The van der Waals surface area contributed by atoms with Crippen molar-refractivity contribution in [3.05, 3.63) is 66.2 Å². The Kier molecular flexibility index (Phi) is 5.67. The Morgan fingerprint density at radius 3 is 2.72 bits per heavy atom. The topological polar surface area (TPSA) is 50.8 Å². The lowest BCUT2D eigenvalue weighted by atomic mass is 10.0. The van der Waals surface area contributed by atoms with Crippen LogP contribution in [0.2, 0.25) is 0 Å². The monoisotopic (exact) mass is 390 g/mol. The summed E-state index contributed by atoms with van der Waals surface area (Å²) in [4.78, 5) is 15.1. The lowest BCUT2D eigenvalue weighted by Gasteiger charge is -2.26. The van der Waals surface area contributed by atoms with E-state index in [4.69, 9.17) is 9.47 Å². The lowest BCUT2D eigenvalue weighted by molar-refractivity contribution is -0.117. The summed E-state index contributed by atoms with van der Waals surface area (Å²) in [6.45, 7) is 1.24. The summed E-state index contributed by atoms with van der Waals surface area (Å²) >= 11 is 0. The number of fused-ring (bicyclic) bond motifs is 1. The van der Waals surface area contributed by atoms with Crippen molar-refractivity contribution in [2.24, 2.45) is 0 Å². The molecule has 0 unspecified atom stereocenters. The third-order valence-electron chi connectivity index (χ3n) is 5.57. The first-order valence-corrected chi connectivity index (χ1v) is 9.93. The van der Waals surface area contributed by atoms with Crippen LogP contribution in [0.1, 0.15) is 24.4 Å². The van der Waals surface area contributed by atoms with Crippen LogP contribution < -0.4 is 14.8 Å². The van der Waals surface area contributed by atoms with Gasteiger partial charge in [-0.05, 0) is 36.9 Å². The van der Waals surface area contributed by atoms with E-state index in [1.54, 1.807) is 14.2 Å². The fourth-order valence-electron chi connectivity index (χ4n) is 4.17. The number of hydrogen-bond donors (Lipinski definition) is 1. The van der Waals surface area contributed by atoms with Crippen LogP contribution in [-0.2, 0) is 4.79 Å². The second-order valence-electron chi connectivity index (χ2n) is 7.31. The van der Waals surface area contributed by atoms with E-state index in [0.717, 1.165) is 52.9 Å². The molecule has 1 saturated heterocycles. The molecule has 0 spiro atoms. The summed E-state index contributed by atoms with van der Waals surface area (Å²) in [5.74, 6) is 1.57. The Bertz CT molecular complexity index is 1010. The Morgan fingerprint density at radius 2 is 1.90 bits per heavy atom. The van der Waals surface area contributed by atoms with Gasteiger partial charge in [0.05, 0.1) is 20.8 Å². The van der Waals surface area contributed by atoms with Crippen molar-refractivity contribution in [2.75, 3.05) is 32.6 Å². The highest BCUT2D eigenvalue weighted by atomic mass is 16.5. The molecule has 1 N–H and O–H groups in total. The van der Waals surface area contributed by atoms with E-state index >= 15 is 0 Å². The lowest BCUT2D eigenvalue weighted by Crippen LogP contribution is -2.33. The molecule has 5 nitrogen and oxygen atoms in total. The van der Waals surface area contributed by atoms with Crippen LogP contribution in [0.25, 0.3) is 10.8 Å². The van der Waals surface area contributed by atoms with Gasteiger partial charge in [0.2, 0.25) is 5.91 Å². The maximum absolute atomic E-state index is 12.8. The van der Waals surface area contributed by atoms with Crippen molar-refractivity contribution in [2.45, 2.75) is 18.9 Å². The predicted molar refractivity (Wildman–Crippen MR) is 116 cm³/mol. The van der Waals surface area contributed by atoms with E-state index < -0.39 is 0 Å². The number of anilines is 1. The van der Waals surface area contributed by atoms with Gasteiger partial charge in [0.25, 0.3) is 0 Å². The fourth-order valence-corrected chi connectivity index (χ4v) is 4.17. The molecule has 1 aliphatic rings. The minimum Gasteiger partial charge on any atom is -0.497 e. The van der Waals surface area contributed by atoms with Crippen molar-refractivity contribution in [3.63, 3.8) is 0 Å². The maximum Gasteiger partial charge on any atom is 0.238 e. The first-order chi connectivity index (χ1) is 14.2. The molecule has 3 aromatic carbocycles. The molecule has 29 heavy (non-hydrogen) atoms. The van der Waals surface area contributed by atoms with Crippen LogP contribution in [0.5, 0.6) is 11.5 Å². The van der Waals surface area contributed by atoms with Gasteiger partial charge >= 0.3 is 0 Å². The molecule has 0 saturated carbocycles. The zero-order valence-corrected chi connectivity index (χ0v) is 16.9. The number of ether oxygens (including phenoxy) is 2. The summed E-state index contributed by atoms with van der Waals surface area (Å²) in [5.41, 5.74) is 1.95. The smallest absolute Gasteiger partial charge is 0.238 e. The maximum atomic E-state index is 12.8. The number of methoxy groups -OCH3 is 2. The average Bonchev–Trinajstić information content (AvgIpc) is 3.21. The van der Waals surface area contributed by atoms with Crippen LogP contribution >= 0.6 is 0 Å². The number of carbonyl (C=O) groups excluding carboxylic acids is 1. The predicted octanol–water partition coefficient (Wildman–Crippen LogP) is 4.63. The van der Waals surface area contributed by atoms with Gasteiger partial charge in [0.1, 0.15) is 11.5 Å². The fraction of sp³-hybridized carbons (Fsp3) is 0.292. The van der Waals surface area contributed by atoms with Gasteiger partial charge in [-0.2, -0.15) is 0 Å². The van der Waals surface area contributed by atoms with Gasteiger partial charge in [-0.1, -0.05) is 42.5 Å². The summed E-state index contributed by atoms with van der Waals surface area (Å²) in [6.07, 6.45) is 2.06. The van der Waals surface area contributed by atoms with Gasteiger partial charge < -0.3 is 14.8 Å². The van der Waals surface area contributed by atoms with Crippen molar-refractivity contribution in [3.8, 4) is 11.5 Å². The Hall–Kier alpha value is -3.05. The molecule has 1 atom stereocenters. The SMILES string of the molecule is COc1ccc([C@@H]2CCCN2CC(=O)Nc2cccc3ccccc23)c(OC)c1. The molecule has 5 heteroatoms. The van der Waals surface area contributed by atoms with Gasteiger partial charge in [0, 0.05) is 28.7 Å². The van der Waals surface area contributed by atoms with Gasteiger partial charge in [-0.3, -0.25) is 9.69 Å². The summed E-state index contributed by atoms with van der Waals surface area (Å²) < 4.78 is 10.9. The summed E-state index contributed by atoms with van der Waals surface area (Å²) in [5, 5.41) is 5.27. The first-order valence-electron chi connectivity index (χ1n) is 9.93. The number of carbonyl (C=O) groups is 1. The van der Waals surface area contributed by atoms with Crippen molar-refractivity contribution in [1.29, 1.82) is 0 Å². The first kappa shape index (κ1) is 19.3. The van der Waals surface area contributed by atoms with Crippen LogP contribution in [0, 0.1) is 0 Å².